The monoisotopic (exact) mass is 367 g/mol. The molecule has 1 N–H and O–H groups in total. The minimum atomic E-state index is -3.44. The van der Waals surface area contributed by atoms with Gasteiger partial charge in [0, 0.05) is 31.4 Å². The zero-order valence-electron chi connectivity index (χ0n) is 15.4. The predicted octanol–water partition coefficient (Wildman–Crippen LogP) is 2.53. The van der Waals surface area contributed by atoms with Crippen LogP contribution in [0.4, 0.5) is 5.69 Å². The summed E-state index contributed by atoms with van der Waals surface area (Å²) in [7, 11) is -3.44. The molecule has 6 nitrogen and oxygen atoms in total. The molecule has 0 aromatic heterocycles. The number of carbonyl (C=O) groups is 1. The number of hydrogen-bond donors (Lipinski definition) is 1. The molecule has 7 heteroatoms. The van der Waals surface area contributed by atoms with Gasteiger partial charge in [-0.25, -0.2) is 8.42 Å². The number of benzene rings is 1. The highest BCUT2D eigenvalue weighted by atomic mass is 32.2. The molecule has 140 valence electrons. The van der Waals surface area contributed by atoms with Gasteiger partial charge in [0.05, 0.1) is 11.4 Å². The molecule has 1 heterocycles. The molecular weight excluding hydrogens is 338 g/mol. The average molecular weight is 368 g/mol. The molecule has 1 unspecified atom stereocenters. The first-order valence-corrected chi connectivity index (χ1v) is 10.5. The Kier molecular flexibility index (Phi) is 6.84. The molecule has 0 aliphatic carbocycles. The Morgan fingerprint density at radius 2 is 1.84 bits per heavy atom. The van der Waals surface area contributed by atoms with Crippen molar-refractivity contribution in [2.75, 3.05) is 31.5 Å². The van der Waals surface area contributed by atoms with Gasteiger partial charge in [0.2, 0.25) is 15.9 Å². The Balaban J connectivity index is 1.97. The van der Waals surface area contributed by atoms with Crippen LogP contribution in [0.3, 0.4) is 0 Å². The number of nitrogens with one attached hydrogen (secondary N) is 1. The molecule has 1 aliphatic rings. The Bertz CT molecular complexity index is 669. The summed E-state index contributed by atoms with van der Waals surface area (Å²) in [4.78, 5) is 14.5. The third-order valence-corrected chi connectivity index (χ3v) is 6.83. The van der Waals surface area contributed by atoms with Gasteiger partial charge in [-0.15, -0.1) is 0 Å². The average Bonchev–Trinajstić information content (AvgIpc) is 2.61. The maximum Gasteiger partial charge on any atom is 0.243 e. The molecule has 1 atom stereocenters. The van der Waals surface area contributed by atoms with E-state index in [1.165, 1.54) is 10.7 Å². The lowest BCUT2D eigenvalue weighted by Gasteiger charge is -2.33. The third-order valence-electron chi connectivity index (χ3n) is 4.76. The summed E-state index contributed by atoms with van der Waals surface area (Å²) in [5, 5.41) is 3.10. The lowest BCUT2D eigenvalue weighted by molar-refractivity contribution is -0.132. The number of carbonyl (C=O) groups excluding carboxylic acids is 1. The number of piperidine rings is 1. The smallest absolute Gasteiger partial charge is 0.243 e. The zero-order valence-corrected chi connectivity index (χ0v) is 16.2. The van der Waals surface area contributed by atoms with Crippen LogP contribution in [0.1, 0.15) is 40.0 Å². The number of anilines is 1. The molecule has 0 spiro atoms. The fourth-order valence-electron chi connectivity index (χ4n) is 3.21. The Labute approximate surface area is 151 Å². The van der Waals surface area contributed by atoms with Crippen LogP contribution in [-0.4, -0.2) is 55.8 Å². The molecule has 0 saturated carbocycles. The number of rotatable bonds is 7. The van der Waals surface area contributed by atoms with E-state index >= 15 is 0 Å². The Hall–Kier alpha value is -1.60. The van der Waals surface area contributed by atoms with Crippen molar-refractivity contribution in [3.63, 3.8) is 0 Å². The summed E-state index contributed by atoms with van der Waals surface area (Å²) in [5.41, 5.74) is 0.747. The lowest BCUT2D eigenvalue weighted by Crippen LogP contribution is -2.44. The molecule has 1 aliphatic heterocycles. The molecule has 1 saturated heterocycles. The molecule has 1 amide bonds. The van der Waals surface area contributed by atoms with Gasteiger partial charge in [0.1, 0.15) is 0 Å². The molecule has 0 radical (unpaired) electrons. The normalized spacial score (nSPS) is 18.4. The van der Waals surface area contributed by atoms with E-state index < -0.39 is 10.0 Å². The van der Waals surface area contributed by atoms with Crippen molar-refractivity contribution in [3.05, 3.63) is 24.3 Å². The first-order chi connectivity index (χ1) is 11.9. The van der Waals surface area contributed by atoms with Gasteiger partial charge in [-0.1, -0.05) is 13.8 Å². The third kappa shape index (κ3) is 4.73. The summed E-state index contributed by atoms with van der Waals surface area (Å²) in [5.74, 6) is 0.0899. The van der Waals surface area contributed by atoms with Crippen LogP contribution in [-0.2, 0) is 14.8 Å². The van der Waals surface area contributed by atoms with Crippen LogP contribution < -0.4 is 5.32 Å². The molecule has 1 aromatic carbocycles. The van der Waals surface area contributed by atoms with Crippen molar-refractivity contribution in [1.82, 2.24) is 9.21 Å². The van der Waals surface area contributed by atoms with Crippen LogP contribution in [0.25, 0.3) is 0 Å². The van der Waals surface area contributed by atoms with Crippen molar-refractivity contribution >= 4 is 21.6 Å². The van der Waals surface area contributed by atoms with Crippen LogP contribution in [0.2, 0.25) is 0 Å². The Morgan fingerprint density at radius 3 is 2.40 bits per heavy atom. The van der Waals surface area contributed by atoms with E-state index in [0.29, 0.717) is 19.1 Å². The van der Waals surface area contributed by atoms with E-state index in [0.717, 1.165) is 25.1 Å². The Morgan fingerprint density at radius 1 is 1.20 bits per heavy atom. The van der Waals surface area contributed by atoms with Crippen LogP contribution in [0.15, 0.2) is 29.2 Å². The predicted molar refractivity (Wildman–Crippen MR) is 100 cm³/mol. The standard InChI is InChI=1S/C18H29N3O3S/c1-4-20(5-2)25(23,24)17-11-9-16(10-12-17)19-14-18(22)21-13-7-6-8-15(21)3/h9-12,15,19H,4-8,13-14H2,1-3H3. The molecule has 1 fully saturated rings. The van der Waals surface area contributed by atoms with Gasteiger partial charge in [-0.3, -0.25) is 4.79 Å². The van der Waals surface area contributed by atoms with Crippen molar-refractivity contribution in [2.45, 2.75) is 51.0 Å². The molecule has 1 aromatic rings. The lowest BCUT2D eigenvalue weighted by atomic mass is 10.0. The number of likely N-dealkylation sites (tertiary alicyclic amines) is 1. The fourth-order valence-corrected chi connectivity index (χ4v) is 4.66. The van der Waals surface area contributed by atoms with Gasteiger partial charge in [0.15, 0.2) is 0 Å². The van der Waals surface area contributed by atoms with Crippen molar-refractivity contribution in [1.29, 1.82) is 0 Å². The van der Waals surface area contributed by atoms with Crippen LogP contribution in [0.5, 0.6) is 0 Å². The maximum absolute atomic E-state index is 12.5. The summed E-state index contributed by atoms with van der Waals surface area (Å²) in [6.07, 6.45) is 3.30. The van der Waals surface area contributed by atoms with E-state index in [1.54, 1.807) is 24.3 Å². The summed E-state index contributed by atoms with van der Waals surface area (Å²) in [6.45, 7) is 7.68. The number of nitrogens with zero attached hydrogens (tertiary/aromatic N) is 2. The van der Waals surface area contributed by atoms with E-state index in [1.807, 2.05) is 18.7 Å². The number of amides is 1. The first kappa shape index (κ1) is 19.7. The van der Waals surface area contributed by atoms with Crippen LogP contribution in [0, 0.1) is 0 Å². The molecule has 2 rings (SSSR count). The number of hydrogen-bond acceptors (Lipinski definition) is 4. The van der Waals surface area contributed by atoms with Gasteiger partial charge in [-0.2, -0.15) is 4.31 Å². The van der Waals surface area contributed by atoms with E-state index in [2.05, 4.69) is 12.2 Å². The first-order valence-electron chi connectivity index (χ1n) is 9.03. The van der Waals surface area contributed by atoms with Gasteiger partial charge in [-0.05, 0) is 50.5 Å². The van der Waals surface area contributed by atoms with E-state index in [4.69, 9.17) is 0 Å². The van der Waals surface area contributed by atoms with Gasteiger partial charge in [0.25, 0.3) is 0 Å². The molecular formula is C18H29N3O3S. The van der Waals surface area contributed by atoms with Crippen LogP contribution >= 0.6 is 0 Å². The SMILES string of the molecule is CCN(CC)S(=O)(=O)c1ccc(NCC(=O)N2CCCCC2C)cc1. The summed E-state index contributed by atoms with van der Waals surface area (Å²) < 4.78 is 26.3. The second-order valence-electron chi connectivity index (χ2n) is 6.40. The topological polar surface area (TPSA) is 69.7 Å². The minimum absolute atomic E-state index is 0.0899. The van der Waals surface area contributed by atoms with Crippen molar-refractivity contribution in [3.8, 4) is 0 Å². The summed E-state index contributed by atoms with van der Waals surface area (Å²) in [6, 6.07) is 6.89. The second kappa shape index (κ2) is 8.67. The highest BCUT2D eigenvalue weighted by Gasteiger charge is 2.23. The van der Waals surface area contributed by atoms with E-state index in [-0.39, 0.29) is 17.3 Å². The van der Waals surface area contributed by atoms with Crippen molar-refractivity contribution in [2.24, 2.45) is 0 Å². The van der Waals surface area contributed by atoms with E-state index in [9.17, 15) is 13.2 Å². The second-order valence-corrected chi connectivity index (χ2v) is 8.34. The molecule has 0 bridgehead atoms. The van der Waals surface area contributed by atoms with Gasteiger partial charge < -0.3 is 10.2 Å². The highest BCUT2D eigenvalue weighted by Crippen LogP contribution is 2.19. The zero-order chi connectivity index (χ0) is 18.4. The van der Waals surface area contributed by atoms with Crippen molar-refractivity contribution < 1.29 is 13.2 Å². The maximum atomic E-state index is 12.5. The summed E-state index contributed by atoms with van der Waals surface area (Å²) >= 11 is 0. The molecule has 25 heavy (non-hydrogen) atoms. The highest BCUT2D eigenvalue weighted by molar-refractivity contribution is 7.89. The number of sulfonamides is 1. The quantitative estimate of drug-likeness (QED) is 0.804. The largest absolute Gasteiger partial charge is 0.376 e. The fraction of sp³-hybridized carbons (Fsp3) is 0.611. The minimum Gasteiger partial charge on any atom is -0.376 e. The van der Waals surface area contributed by atoms with Gasteiger partial charge >= 0.3 is 0 Å².